The molecule has 0 spiro atoms. The van der Waals surface area contributed by atoms with Crippen LogP contribution in [0.15, 0.2) is 48.8 Å². The smallest absolute Gasteiger partial charge is 0.253 e. The second-order valence-corrected chi connectivity index (χ2v) is 8.73. The van der Waals surface area contributed by atoms with Crippen LogP contribution >= 0.6 is 0 Å². The number of benzene rings is 1. The molecule has 0 unspecified atom stereocenters. The maximum atomic E-state index is 13.2. The average Bonchev–Trinajstić information content (AvgIpc) is 3.16. The molecule has 1 N–H and O–H groups in total. The van der Waals surface area contributed by atoms with Gasteiger partial charge in [0.1, 0.15) is 0 Å². The second-order valence-electron chi connectivity index (χ2n) is 8.73. The van der Waals surface area contributed by atoms with Crippen LogP contribution in [0.1, 0.15) is 42.7 Å². The first kappa shape index (κ1) is 21.5. The van der Waals surface area contributed by atoms with Crippen LogP contribution in [0, 0.1) is 6.92 Å². The van der Waals surface area contributed by atoms with Crippen molar-refractivity contribution in [2.45, 2.75) is 45.2 Å². The number of likely N-dealkylation sites (N-methyl/N-ethyl adjacent to an activating group) is 1. The van der Waals surface area contributed by atoms with Crippen LogP contribution in [0.3, 0.4) is 0 Å². The van der Waals surface area contributed by atoms with Crippen molar-refractivity contribution in [2.75, 3.05) is 26.8 Å². The summed E-state index contributed by atoms with van der Waals surface area (Å²) in [5.74, 6) is -0.0495. The average molecular weight is 421 g/mol. The number of pyridine rings is 1. The number of rotatable bonds is 6. The topological polar surface area (TPSA) is 59.4 Å². The molecule has 164 valence electrons. The molecule has 1 saturated heterocycles. The summed E-state index contributed by atoms with van der Waals surface area (Å²) in [7, 11) is 2.17. The number of carbonyl (C=O) groups is 1. The molecule has 1 aromatic carbocycles. The lowest BCUT2D eigenvalue weighted by Gasteiger charge is -2.47. The molecular formula is C25H32N4O2. The van der Waals surface area contributed by atoms with Gasteiger partial charge in [0.15, 0.2) is 0 Å². The molecule has 31 heavy (non-hydrogen) atoms. The van der Waals surface area contributed by atoms with E-state index in [-0.39, 0.29) is 11.4 Å². The summed E-state index contributed by atoms with van der Waals surface area (Å²) in [6.07, 6.45) is 5.61. The van der Waals surface area contributed by atoms with Crippen molar-refractivity contribution in [1.82, 2.24) is 19.8 Å². The van der Waals surface area contributed by atoms with Crippen molar-refractivity contribution in [2.24, 2.45) is 0 Å². The summed E-state index contributed by atoms with van der Waals surface area (Å²) < 4.78 is 7.92. The summed E-state index contributed by atoms with van der Waals surface area (Å²) in [5, 5.41) is 4.09. The Morgan fingerprint density at radius 2 is 2.10 bits per heavy atom. The molecule has 1 aliphatic heterocycles. The number of ether oxygens (including phenoxy) is 1. The fraction of sp³-hybridized carbons (Fsp3) is 0.440. The van der Waals surface area contributed by atoms with Gasteiger partial charge in [-0.05, 0) is 51.9 Å². The highest BCUT2D eigenvalue weighted by atomic mass is 16.5. The number of carbonyl (C=O) groups excluding carboxylic acids is 1. The molecule has 6 heteroatoms. The molecule has 0 bridgehead atoms. The van der Waals surface area contributed by atoms with Gasteiger partial charge >= 0.3 is 0 Å². The molecule has 0 aliphatic carbocycles. The van der Waals surface area contributed by atoms with E-state index < -0.39 is 0 Å². The lowest BCUT2D eigenvalue weighted by Crippen LogP contribution is -2.58. The summed E-state index contributed by atoms with van der Waals surface area (Å²) in [6.45, 7) is 8.47. The van der Waals surface area contributed by atoms with E-state index in [1.54, 1.807) is 6.20 Å². The fourth-order valence-corrected chi connectivity index (χ4v) is 4.54. The predicted molar refractivity (Wildman–Crippen MR) is 124 cm³/mol. The quantitative estimate of drug-likeness (QED) is 0.656. The van der Waals surface area contributed by atoms with E-state index >= 15 is 0 Å². The van der Waals surface area contributed by atoms with Crippen LogP contribution in [0.4, 0.5) is 0 Å². The highest BCUT2D eigenvalue weighted by Gasteiger charge is 2.37. The number of aromatic nitrogens is 2. The number of aryl methyl sites for hydroxylation is 1. The number of morpholine rings is 1. The Morgan fingerprint density at radius 3 is 2.87 bits per heavy atom. The van der Waals surface area contributed by atoms with E-state index in [0.717, 1.165) is 41.7 Å². The Kier molecular flexibility index (Phi) is 6.12. The standard InChI is InChI=1S/C25H32N4O2/c1-5-19-16-31-17-25(3,28(19)4)12-14-27-24(30)21-15-29(22-11-8-13-26-18(22)2)23-10-7-6-9-20(21)23/h6-11,13,15,19H,5,12,14,16-17H2,1-4H3,(H,27,30)/t19-,25-/m0/s1. The van der Waals surface area contributed by atoms with E-state index in [2.05, 4.69) is 40.7 Å². The number of hydrogen-bond donors (Lipinski definition) is 1. The first-order valence-corrected chi connectivity index (χ1v) is 11.1. The molecule has 1 fully saturated rings. The molecule has 6 nitrogen and oxygen atoms in total. The fourth-order valence-electron chi connectivity index (χ4n) is 4.54. The van der Waals surface area contributed by atoms with Crippen molar-refractivity contribution < 1.29 is 9.53 Å². The van der Waals surface area contributed by atoms with Crippen molar-refractivity contribution in [3.05, 3.63) is 60.0 Å². The van der Waals surface area contributed by atoms with Gasteiger partial charge in [0.2, 0.25) is 0 Å². The van der Waals surface area contributed by atoms with Gasteiger partial charge in [-0.1, -0.05) is 25.1 Å². The zero-order valence-corrected chi connectivity index (χ0v) is 18.9. The molecule has 3 heterocycles. The van der Waals surface area contributed by atoms with Crippen LogP contribution in [0.2, 0.25) is 0 Å². The Bertz CT molecular complexity index is 1080. The van der Waals surface area contributed by atoms with Crippen LogP contribution in [-0.4, -0.2) is 58.7 Å². The Balaban J connectivity index is 1.53. The van der Waals surface area contributed by atoms with Crippen LogP contribution < -0.4 is 5.32 Å². The normalized spacial score (nSPS) is 22.0. The second kappa shape index (κ2) is 8.81. The highest BCUT2D eigenvalue weighted by molar-refractivity contribution is 6.07. The van der Waals surface area contributed by atoms with E-state index in [1.807, 2.05) is 49.5 Å². The summed E-state index contributed by atoms with van der Waals surface area (Å²) in [5.41, 5.74) is 3.52. The number of fused-ring (bicyclic) bond motifs is 1. The molecular weight excluding hydrogens is 388 g/mol. The largest absolute Gasteiger partial charge is 0.378 e. The SMILES string of the molecule is CC[C@H]1COC[C@](C)(CCNC(=O)c2cn(-c3cccnc3C)c3ccccc23)N1C. The molecule has 1 amide bonds. The molecule has 2 aromatic heterocycles. The molecule has 3 aromatic rings. The number of amides is 1. The third kappa shape index (κ3) is 4.10. The molecule has 0 saturated carbocycles. The Morgan fingerprint density at radius 1 is 1.29 bits per heavy atom. The zero-order valence-electron chi connectivity index (χ0n) is 18.9. The number of nitrogens with one attached hydrogen (secondary N) is 1. The maximum Gasteiger partial charge on any atom is 0.253 e. The minimum atomic E-state index is -0.0764. The lowest BCUT2D eigenvalue weighted by molar-refractivity contribution is -0.0877. The Hall–Kier alpha value is -2.70. The van der Waals surface area contributed by atoms with Gasteiger partial charge in [0, 0.05) is 35.9 Å². The molecule has 0 radical (unpaired) electrons. The predicted octanol–water partition coefficient (Wildman–Crippen LogP) is 3.95. The first-order chi connectivity index (χ1) is 14.9. The Labute approximate surface area is 184 Å². The number of para-hydroxylation sites is 1. The van der Waals surface area contributed by atoms with Crippen LogP contribution in [-0.2, 0) is 4.74 Å². The zero-order chi connectivity index (χ0) is 22.0. The third-order valence-electron chi connectivity index (χ3n) is 6.74. The molecule has 2 atom stereocenters. The van der Waals surface area contributed by atoms with E-state index in [4.69, 9.17) is 4.74 Å². The van der Waals surface area contributed by atoms with Gasteiger partial charge in [0.25, 0.3) is 5.91 Å². The number of nitrogens with zero attached hydrogens (tertiary/aromatic N) is 3. The monoisotopic (exact) mass is 420 g/mol. The van der Waals surface area contributed by atoms with Gasteiger partial charge in [-0.15, -0.1) is 0 Å². The molecule has 4 rings (SSSR count). The lowest BCUT2D eigenvalue weighted by atomic mass is 9.92. The summed E-state index contributed by atoms with van der Waals surface area (Å²) >= 11 is 0. The number of hydrogen-bond acceptors (Lipinski definition) is 4. The minimum Gasteiger partial charge on any atom is -0.378 e. The summed E-state index contributed by atoms with van der Waals surface area (Å²) in [6, 6.07) is 12.4. The van der Waals surface area contributed by atoms with Gasteiger partial charge < -0.3 is 14.6 Å². The minimum absolute atomic E-state index is 0.0495. The van der Waals surface area contributed by atoms with Gasteiger partial charge in [-0.2, -0.15) is 0 Å². The molecule has 1 aliphatic rings. The van der Waals surface area contributed by atoms with Gasteiger partial charge in [-0.25, -0.2) is 0 Å². The van der Waals surface area contributed by atoms with Crippen molar-refractivity contribution in [3.63, 3.8) is 0 Å². The van der Waals surface area contributed by atoms with Crippen LogP contribution in [0.5, 0.6) is 0 Å². The van der Waals surface area contributed by atoms with Crippen molar-refractivity contribution in [3.8, 4) is 5.69 Å². The van der Waals surface area contributed by atoms with E-state index in [1.165, 1.54) is 0 Å². The maximum absolute atomic E-state index is 13.2. The van der Waals surface area contributed by atoms with Crippen molar-refractivity contribution in [1.29, 1.82) is 0 Å². The van der Waals surface area contributed by atoms with E-state index in [0.29, 0.717) is 24.8 Å². The third-order valence-corrected chi connectivity index (χ3v) is 6.74. The van der Waals surface area contributed by atoms with Gasteiger partial charge in [0.05, 0.1) is 35.7 Å². The van der Waals surface area contributed by atoms with Crippen molar-refractivity contribution >= 4 is 16.8 Å². The highest BCUT2D eigenvalue weighted by Crippen LogP contribution is 2.28. The van der Waals surface area contributed by atoms with Crippen LogP contribution in [0.25, 0.3) is 16.6 Å². The van der Waals surface area contributed by atoms with Gasteiger partial charge in [-0.3, -0.25) is 14.7 Å². The first-order valence-electron chi connectivity index (χ1n) is 11.1. The summed E-state index contributed by atoms with van der Waals surface area (Å²) in [4.78, 5) is 20.0. The van der Waals surface area contributed by atoms with E-state index in [9.17, 15) is 4.79 Å².